The van der Waals surface area contributed by atoms with E-state index in [0.717, 1.165) is 32.1 Å². The molecule has 4 heteroatoms. The molecule has 10 atom stereocenters. The van der Waals surface area contributed by atoms with Gasteiger partial charge in [0.2, 0.25) is 0 Å². The fraction of sp³-hybridized carbons (Fsp3) is 0.960. The lowest BCUT2D eigenvalue weighted by molar-refractivity contribution is -0.181. The lowest BCUT2D eigenvalue weighted by Gasteiger charge is -2.63. The van der Waals surface area contributed by atoms with Gasteiger partial charge in [-0.1, -0.05) is 20.8 Å². The molecule has 0 bridgehead atoms. The molecule has 0 aromatic carbocycles. The molecule has 4 saturated carbocycles. The minimum Gasteiger partial charge on any atom is -0.481 e. The first-order chi connectivity index (χ1) is 13.7. The summed E-state index contributed by atoms with van der Waals surface area (Å²) in [5, 5.41) is 19.5. The number of rotatable bonds is 5. The first-order valence-electron chi connectivity index (χ1n) is 12.1. The van der Waals surface area contributed by atoms with Gasteiger partial charge in [-0.05, 0) is 104 Å². The smallest absolute Gasteiger partial charge is 0.303 e. The van der Waals surface area contributed by atoms with Gasteiger partial charge in [0.05, 0.1) is 12.2 Å². The van der Waals surface area contributed by atoms with Gasteiger partial charge in [-0.3, -0.25) is 4.79 Å². The molecule has 0 aliphatic heterocycles. The second-order valence-electron chi connectivity index (χ2n) is 11.6. The maximum Gasteiger partial charge on any atom is 0.303 e. The fourth-order valence-electron chi connectivity index (χ4n) is 8.95. The zero-order valence-electron chi connectivity index (χ0n) is 18.9. The van der Waals surface area contributed by atoms with E-state index in [-0.39, 0.29) is 6.10 Å². The summed E-state index contributed by atoms with van der Waals surface area (Å²) in [6.45, 7) is 7.34. The van der Waals surface area contributed by atoms with Gasteiger partial charge in [0, 0.05) is 13.5 Å². The topological polar surface area (TPSA) is 66.8 Å². The lowest BCUT2D eigenvalue weighted by atomic mass is 9.43. The number of carboxylic acid groups (broad SMARTS) is 1. The Bertz CT molecular complexity index is 620. The van der Waals surface area contributed by atoms with Crippen molar-refractivity contribution in [2.24, 2.45) is 46.3 Å². The molecule has 0 aromatic rings. The summed E-state index contributed by atoms with van der Waals surface area (Å²) in [5.74, 6) is 3.10. The highest BCUT2D eigenvalue weighted by Gasteiger charge is 2.63. The van der Waals surface area contributed by atoms with Gasteiger partial charge >= 0.3 is 5.97 Å². The number of aliphatic carboxylic acids is 1. The molecule has 6 unspecified atom stereocenters. The molecular weight excluding hydrogens is 364 g/mol. The highest BCUT2D eigenvalue weighted by Crippen LogP contribution is 2.68. The molecule has 4 nitrogen and oxygen atoms in total. The Hall–Kier alpha value is -0.610. The third-order valence-electron chi connectivity index (χ3n) is 10.5. The first-order valence-corrected chi connectivity index (χ1v) is 12.1. The van der Waals surface area contributed by atoms with E-state index in [1.807, 2.05) is 7.11 Å². The van der Waals surface area contributed by atoms with Crippen LogP contribution in [0.5, 0.6) is 0 Å². The van der Waals surface area contributed by atoms with Crippen molar-refractivity contribution in [3.05, 3.63) is 0 Å². The number of aliphatic hydroxyl groups excluding tert-OH is 1. The minimum absolute atomic E-state index is 0.123. The summed E-state index contributed by atoms with van der Waals surface area (Å²) < 4.78 is 6.16. The van der Waals surface area contributed by atoms with Gasteiger partial charge in [0.25, 0.3) is 0 Å². The number of fused-ring (bicyclic) bond motifs is 5. The summed E-state index contributed by atoms with van der Waals surface area (Å²) in [4.78, 5) is 11.1. The predicted molar refractivity (Wildman–Crippen MR) is 113 cm³/mol. The Morgan fingerprint density at radius 3 is 2.45 bits per heavy atom. The van der Waals surface area contributed by atoms with Crippen molar-refractivity contribution in [1.29, 1.82) is 0 Å². The van der Waals surface area contributed by atoms with Crippen molar-refractivity contribution in [3.8, 4) is 0 Å². The van der Waals surface area contributed by atoms with Crippen LogP contribution in [0.2, 0.25) is 0 Å². The van der Waals surface area contributed by atoms with Gasteiger partial charge in [0.15, 0.2) is 0 Å². The zero-order chi connectivity index (χ0) is 21.0. The van der Waals surface area contributed by atoms with E-state index in [9.17, 15) is 9.90 Å². The van der Waals surface area contributed by atoms with E-state index >= 15 is 0 Å². The number of aliphatic hydroxyl groups is 1. The maximum absolute atomic E-state index is 11.1. The van der Waals surface area contributed by atoms with E-state index in [1.54, 1.807) is 0 Å². The van der Waals surface area contributed by atoms with E-state index in [2.05, 4.69) is 20.8 Å². The average Bonchev–Trinajstić information content (AvgIpc) is 3.03. The predicted octanol–water partition coefficient (Wildman–Crippen LogP) is 5.13. The Balaban J connectivity index is 1.58. The van der Waals surface area contributed by atoms with Crippen LogP contribution < -0.4 is 0 Å². The summed E-state index contributed by atoms with van der Waals surface area (Å²) in [6, 6.07) is 0. The van der Waals surface area contributed by atoms with Crippen molar-refractivity contribution < 1.29 is 19.7 Å². The Morgan fingerprint density at radius 2 is 1.76 bits per heavy atom. The number of hydrogen-bond donors (Lipinski definition) is 2. The molecule has 4 rings (SSSR count). The Morgan fingerprint density at radius 1 is 1.07 bits per heavy atom. The largest absolute Gasteiger partial charge is 0.481 e. The standard InChI is InChI=1S/C25H42O4/c1-15(5-8-22(27)28)18-6-7-19-23-20(10-12-25(18,19)3)24(2)11-9-17(26)13-16(24)14-21(23)29-4/h15-21,23,26H,5-14H2,1-4H3,(H,27,28)/t15?,16-,17?,18+,19-,20?,21?,23+,24?,25?/m0/s1. The van der Waals surface area contributed by atoms with Gasteiger partial charge < -0.3 is 14.9 Å². The SMILES string of the molecule is COC1C[C@@H]2CC(O)CCC2(C)C2CCC3(C)[C@@H](C(C)CCC(=O)O)CC[C@H]3[C@@H]12. The molecule has 2 N–H and O–H groups in total. The number of methoxy groups -OCH3 is 1. The van der Waals surface area contributed by atoms with Crippen LogP contribution in [0.1, 0.15) is 85.0 Å². The second kappa shape index (κ2) is 7.82. The minimum atomic E-state index is -0.662. The van der Waals surface area contributed by atoms with E-state index < -0.39 is 5.97 Å². The maximum atomic E-state index is 11.1. The zero-order valence-corrected chi connectivity index (χ0v) is 18.9. The quantitative estimate of drug-likeness (QED) is 0.664. The van der Waals surface area contributed by atoms with Crippen LogP contribution in [0.4, 0.5) is 0 Å². The van der Waals surface area contributed by atoms with Crippen molar-refractivity contribution in [2.45, 2.75) is 97.2 Å². The van der Waals surface area contributed by atoms with Crippen LogP contribution in [-0.2, 0) is 9.53 Å². The number of ether oxygens (including phenoxy) is 1. The molecule has 0 amide bonds. The van der Waals surface area contributed by atoms with Crippen LogP contribution >= 0.6 is 0 Å². The lowest BCUT2D eigenvalue weighted by Crippen LogP contribution is -2.59. The van der Waals surface area contributed by atoms with Crippen LogP contribution in [0.25, 0.3) is 0 Å². The molecule has 0 spiro atoms. The fourth-order valence-corrected chi connectivity index (χ4v) is 8.95. The van der Waals surface area contributed by atoms with Gasteiger partial charge in [-0.25, -0.2) is 0 Å². The van der Waals surface area contributed by atoms with Crippen molar-refractivity contribution in [3.63, 3.8) is 0 Å². The van der Waals surface area contributed by atoms with Gasteiger partial charge in [-0.2, -0.15) is 0 Å². The van der Waals surface area contributed by atoms with E-state index in [1.165, 1.54) is 25.7 Å². The number of carbonyl (C=O) groups is 1. The molecule has 4 aliphatic rings. The van der Waals surface area contributed by atoms with Gasteiger partial charge in [0.1, 0.15) is 0 Å². The molecule has 0 heterocycles. The summed E-state index contributed by atoms with van der Waals surface area (Å²) in [6.07, 6.45) is 10.6. The Kier molecular flexibility index (Phi) is 5.83. The van der Waals surface area contributed by atoms with Crippen molar-refractivity contribution in [1.82, 2.24) is 0 Å². The monoisotopic (exact) mass is 406 g/mol. The third kappa shape index (κ3) is 3.46. The highest BCUT2D eigenvalue weighted by molar-refractivity contribution is 5.66. The normalized spacial score (nSPS) is 50.3. The van der Waals surface area contributed by atoms with Crippen molar-refractivity contribution >= 4 is 5.97 Å². The first kappa shape index (κ1) is 21.6. The molecule has 0 saturated heterocycles. The highest BCUT2D eigenvalue weighted by atomic mass is 16.5. The Labute approximate surface area is 176 Å². The average molecular weight is 407 g/mol. The van der Waals surface area contributed by atoms with Crippen molar-refractivity contribution in [2.75, 3.05) is 7.11 Å². The molecule has 0 radical (unpaired) electrons. The third-order valence-corrected chi connectivity index (χ3v) is 10.5. The molecule has 29 heavy (non-hydrogen) atoms. The second-order valence-corrected chi connectivity index (χ2v) is 11.6. The molecule has 4 fully saturated rings. The summed E-state index contributed by atoms with van der Waals surface area (Å²) in [5.41, 5.74) is 0.681. The summed E-state index contributed by atoms with van der Waals surface area (Å²) in [7, 11) is 1.90. The van der Waals surface area contributed by atoms with E-state index in [4.69, 9.17) is 9.84 Å². The summed E-state index contributed by atoms with van der Waals surface area (Å²) >= 11 is 0. The number of carboxylic acids is 1. The van der Waals surface area contributed by atoms with Crippen LogP contribution in [0, 0.1) is 46.3 Å². The van der Waals surface area contributed by atoms with E-state index in [0.29, 0.717) is 58.9 Å². The van der Waals surface area contributed by atoms with Crippen LogP contribution in [0.15, 0.2) is 0 Å². The van der Waals surface area contributed by atoms with Crippen LogP contribution in [-0.4, -0.2) is 35.5 Å². The number of hydrogen-bond acceptors (Lipinski definition) is 3. The molecule has 0 aromatic heterocycles. The molecule has 166 valence electrons. The van der Waals surface area contributed by atoms with Gasteiger partial charge in [-0.15, -0.1) is 0 Å². The molecular formula is C25H42O4. The molecule has 4 aliphatic carbocycles. The van der Waals surface area contributed by atoms with Crippen LogP contribution in [0.3, 0.4) is 0 Å².